The molecule has 0 aliphatic rings. The molecule has 0 saturated carbocycles. The van der Waals surface area contributed by atoms with Crippen LogP contribution in [0.1, 0.15) is 17.8 Å². The second-order valence-electron chi connectivity index (χ2n) is 5.89. The van der Waals surface area contributed by atoms with E-state index >= 15 is 0 Å². The first-order chi connectivity index (χ1) is 12.3. The Balaban J connectivity index is 1.33. The van der Waals surface area contributed by atoms with Gasteiger partial charge in [0.05, 0.1) is 32.6 Å². The van der Waals surface area contributed by atoms with Gasteiger partial charge < -0.3 is 5.32 Å². The van der Waals surface area contributed by atoms with Crippen LogP contribution in [-0.2, 0) is 11.2 Å². The van der Waals surface area contributed by atoms with Crippen LogP contribution in [0, 0.1) is 0 Å². The van der Waals surface area contributed by atoms with E-state index in [1.54, 1.807) is 17.5 Å². The molecule has 1 N–H and O–H groups in total. The minimum atomic E-state index is 0.0122. The molecule has 4 nitrogen and oxygen atoms in total. The van der Waals surface area contributed by atoms with Crippen LogP contribution in [0.2, 0.25) is 0 Å². The summed E-state index contributed by atoms with van der Waals surface area (Å²) < 4.78 is 1.20. The van der Waals surface area contributed by atoms with Gasteiger partial charge in [0.15, 0.2) is 0 Å². The Kier molecular flexibility index (Phi) is 4.39. The molecule has 0 spiro atoms. The Morgan fingerprint density at radius 1 is 1.04 bits per heavy atom. The number of para-hydroxylation sites is 2. The topological polar surface area (TPSA) is 54.9 Å². The molecule has 0 saturated heterocycles. The second-order valence-corrected chi connectivity index (χ2v) is 7.01. The summed E-state index contributed by atoms with van der Waals surface area (Å²) in [4.78, 5) is 21.1. The summed E-state index contributed by atoms with van der Waals surface area (Å²) in [6, 6.07) is 17.9. The van der Waals surface area contributed by atoms with Gasteiger partial charge >= 0.3 is 0 Å². The SMILES string of the molecule is O=C(CCCc1nc2ccccc2s1)Nc1cnc2ccccc2c1. The third-order valence-corrected chi connectivity index (χ3v) is 5.10. The van der Waals surface area contributed by atoms with Crippen molar-refractivity contribution in [2.45, 2.75) is 19.3 Å². The number of carbonyl (C=O) groups excluding carboxylic acids is 1. The second kappa shape index (κ2) is 6.99. The molecule has 2 heterocycles. The minimum Gasteiger partial charge on any atom is -0.325 e. The zero-order valence-electron chi connectivity index (χ0n) is 13.6. The highest BCUT2D eigenvalue weighted by Gasteiger charge is 2.07. The Morgan fingerprint density at radius 2 is 1.84 bits per heavy atom. The lowest BCUT2D eigenvalue weighted by Gasteiger charge is -2.05. The first-order valence-electron chi connectivity index (χ1n) is 8.27. The maximum absolute atomic E-state index is 12.2. The van der Waals surface area contributed by atoms with E-state index in [1.165, 1.54) is 4.70 Å². The average molecular weight is 347 g/mol. The van der Waals surface area contributed by atoms with Crippen LogP contribution in [-0.4, -0.2) is 15.9 Å². The Labute approximate surface area is 149 Å². The molecule has 0 radical (unpaired) electrons. The van der Waals surface area contributed by atoms with Crippen molar-refractivity contribution in [1.82, 2.24) is 9.97 Å². The third kappa shape index (κ3) is 3.67. The zero-order chi connectivity index (χ0) is 17.1. The summed E-state index contributed by atoms with van der Waals surface area (Å²) in [5.41, 5.74) is 2.70. The smallest absolute Gasteiger partial charge is 0.224 e. The van der Waals surface area contributed by atoms with Crippen molar-refractivity contribution in [2.24, 2.45) is 0 Å². The van der Waals surface area contributed by atoms with E-state index in [-0.39, 0.29) is 5.91 Å². The Morgan fingerprint density at radius 3 is 2.72 bits per heavy atom. The van der Waals surface area contributed by atoms with Crippen molar-refractivity contribution >= 4 is 44.1 Å². The number of anilines is 1. The number of amides is 1. The fraction of sp³-hybridized carbons (Fsp3) is 0.150. The van der Waals surface area contributed by atoms with Gasteiger partial charge in [-0.1, -0.05) is 30.3 Å². The monoisotopic (exact) mass is 347 g/mol. The molecule has 2 aromatic carbocycles. The minimum absolute atomic E-state index is 0.0122. The van der Waals surface area contributed by atoms with Crippen LogP contribution in [0.25, 0.3) is 21.1 Å². The predicted octanol–water partition coefficient (Wildman–Crippen LogP) is 4.81. The van der Waals surface area contributed by atoms with Crippen molar-refractivity contribution in [3.8, 4) is 0 Å². The van der Waals surface area contributed by atoms with Gasteiger partial charge in [0.1, 0.15) is 0 Å². The molecule has 0 bridgehead atoms. The molecule has 1 amide bonds. The summed E-state index contributed by atoms with van der Waals surface area (Å²) >= 11 is 1.70. The van der Waals surface area contributed by atoms with E-state index in [0.717, 1.165) is 40.0 Å². The van der Waals surface area contributed by atoms with Gasteiger partial charge in [-0.15, -0.1) is 11.3 Å². The molecule has 25 heavy (non-hydrogen) atoms. The summed E-state index contributed by atoms with van der Waals surface area (Å²) in [5.74, 6) is 0.0122. The lowest BCUT2D eigenvalue weighted by molar-refractivity contribution is -0.116. The lowest BCUT2D eigenvalue weighted by atomic mass is 10.2. The summed E-state index contributed by atoms with van der Waals surface area (Å²) in [7, 11) is 0. The molecule has 4 aromatic rings. The van der Waals surface area contributed by atoms with E-state index in [2.05, 4.69) is 21.4 Å². The van der Waals surface area contributed by atoms with Crippen molar-refractivity contribution < 1.29 is 4.79 Å². The Hall–Kier alpha value is -2.79. The Bertz CT molecular complexity index is 1010. The number of carbonyl (C=O) groups is 1. The summed E-state index contributed by atoms with van der Waals surface area (Å²) in [5, 5.41) is 5.04. The number of thiazole rings is 1. The lowest BCUT2D eigenvalue weighted by Crippen LogP contribution is -2.11. The molecular weight excluding hydrogens is 330 g/mol. The fourth-order valence-corrected chi connectivity index (χ4v) is 3.80. The van der Waals surface area contributed by atoms with E-state index < -0.39 is 0 Å². The number of rotatable bonds is 5. The molecule has 0 aliphatic heterocycles. The largest absolute Gasteiger partial charge is 0.325 e. The number of aryl methyl sites for hydroxylation is 1. The molecule has 4 rings (SSSR count). The van der Waals surface area contributed by atoms with E-state index in [9.17, 15) is 4.79 Å². The van der Waals surface area contributed by atoms with Gasteiger partial charge in [0, 0.05) is 11.8 Å². The first-order valence-corrected chi connectivity index (χ1v) is 9.09. The highest BCUT2D eigenvalue weighted by Crippen LogP contribution is 2.23. The fourth-order valence-electron chi connectivity index (χ4n) is 2.79. The van der Waals surface area contributed by atoms with Crippen molar-refractivity contribution in [3.05, 3.63) is 65.8 Å². The van der Waals surface area contributed by atoms with Crippen LogP contribution in [0.4, 0.5) is 5.69 Å². The molecule has 0 aliphatic carbocycles. The van der Waals surface area contributed by atoms with Crippen molar-refractivity contribution in [3.63, 3.8) is 0 Å². The van der Waals surface area contributed by atoms with Gasteiger partial charge in [-0.3, -0.25) is 9.78 Å². The molecule has 0 atom stereocenters. The summed E-state index contributed by atoms with van der Waals surface area (Å²) in [6.45, 7) is 0. The third-order valence-electron chi connectivity index (χ3n) is 4.01. The van der Waals surface area contributed by atoms with Crippen molar-refractivity contribution in [1.29, 1.82) is 0 Å². The quantitative estimate of drug-likeness (QED) is 0.564. The number of pyridine rings is 1. The van der Waals surface area contributed by atoms with Gasteiger partial charge in [-0.2, -0.15) is 0 Å². The molecule has 5 heteroatoms. The van der Waals surface area contributed by atoms with Crippen LogP contribution in [0.15, 0.2) is 60.8 Å². The zero-order valence-corrected chi connectivity index (χ0v) is 14.4. The van der Waals surface area contributed by atoms with Crippen LogP contribution in [0.5, 0.6) is 0 Å². The number of hydrogen-bond donors (Lipinski definition) is 1. The maximum atomic E-state index is 12.2. The number of hydrogen-bond acceptors (Lipinski definition) is 4. The van der Waals surface area contributed by atoms with Crippen LogP contribution in [0.3, 0.4) is 0 Å². The van der Waals surface area contributed by atoms with E-state index in [0.29, 0.717) is 6.42 Å². The molecule has 0 fully saturated rings. The maximum Gasteiger partial charge on any atom is 0.224 e. The van der Waals surface area contributed by atoms with Crippen LogP contribution < -0.4 is 5.32 Å². The normalized spacial score (nSPS) is 11.0. The first kappa shape index (κ1) is 15.7. The number of benzene rings is 2. The molecule has 0 unspecified atom stereocenters. The summed E-state index contributed by atoms with van der Waals surface area (Å²) in [6.07, 6.45) is 3.78. The highest BCUT2D eigenvalue weighted by atomic mass is 32.1. The standard InChI is InChI=1S/C20H17N3OS/c24-19(22-15-12-14-6-1-2-7-16(14)21-13-15)10-5-11-20-23-17-8-3-4-9-18(17)25-20/h1-4,6-9,12-13H,5,10-11H2,(H,22,24). The number of aromatic nitrogens is 2. The molecule has 2 aromatic heterocycles. The van der Waals surface area contributed by atoms with Crippen molar-refractivity contribution in [2.75, 3.05) is 5.32 Å². The van der Waals surface area contributed by atoms with E-state index in [4.69, 9.17) is 0 Å². The van der Waals surface area contributed by atoms with Gasteiger partial charge in [-0.05, 0) is 37.1 Å². The molecular formula is C20H17N3OS. The van der Waals surface area contributed by atoms with Gasteiger partial charge in [-0.25, -0.2) is 4.98 Å². The van der Waals surface area contributed by atoms with Gasteiger partial charge in [0.25, 0.3) is 0 Å². The van der Waals surface area contributed by atoms with Gasteiger partial charge in [0.2, 0.25) is 5.91 Å². The number of nitrogens with zero attached hydrogens (tertiary/aromatic N) is 2. The number of fused-ring (bicyclic) bond motifs is 2. The highest BCUT2D eigenvalue weighted by molar-refractivity contribution is 7.18. The molecule has 124 valence electrons. The van der Waals surface area contributed by atoms with E-state index in [1.807, 2.05) is 48.5 Å². The predicted molar refractivity (Wildman–Crippen MR) is 103 cm³/mol. The van der Waals surface area contributed by atoms with Crippen LogP contribution >= 0.6 is 11.3 Å². The number of nitrogens with one attached hydrogen (secondary N) is 1. The average Bonchev–Trinajstić information content (AvgIpc) is 3.04.